The molecule has 0 atom stereocenters. The topological polar surface area (TPSA) is 48.1 Å². The molecular formula is C7H9BrN2O. The van der Waals surface area contributed by atoms with Crippen LogP contribution in [0, 0.1) is 0 Å². The second-order valence-electron chi connectivity index (χ2n) is 2.03. The first-order valence-corrected chi connectivity index (χ1v) is 3.95. The van der Waals surface area contributed by atoms with Crippen molar-refractivity contribution in [3.8, 4) is 5.88 Å². The van der Waals surface area contributed by atoms with Gasteiger partial charge in [0.25, 0.3) is 0 Å². The molecule has 0 spiro atoms. The van der Waals surface area contributed by atoms with Gasteiger partial charge >= 0.3 is 0 Å². The first-order valence-electron chi connectivity index (χ1n) is 3.16. The highest BCUT2D eigenvalue weighted by Crippen LogP contribution is 2.18. The first-order chi connectivity index (χ1) is 5.27. The van der Waals surface area contributed by atoms with Crippen LogP contribution in [0.2, 0.25) is 0 Å². The normalized spacial score (nSPS) is 9.73. The molecular weight excluding hydrogens is 208 g/mol. The molecule has 11 heavy (non-hydrogen) atoms. The highest BCUT2D eigenvalue weighted by Gasteiger charge is 2.01. The van der Waals surface area contributed by atoms with E-state index in [1.54, 1.807) is 13.3 Å². The third-order valence-corrected chi connectivity index (χ3v) is 1.74. The van der Waals surface area contributed by atoms with Gasteiger partial charge in [0.1, 0.15) is 0 Å². The van der Waals surface area contributed by atoms with E-state index in [4.69, 9.17) is 10.5 Å². The summed E-state index contributed by atoms with van der Waals surface area (Å²) in [5.74, 6) is 0.593. The van der Waals surface area contributed by atoms with Gasteiger partial charge < -0.3 is 10.5 Å². The van der Waals surface area contributed by atoms with Gasteiger partial charge in [-0.3, -0.25) is 0 Å². The summed E-state index contributed by atoms with van der Waals surface area (Å²) in [4.78, 5) is 4.02. The zero-order valence-electron chi connectivity index (χ0n) is 6.17. The Bertz CT molecular complexity index is 252. The van der Waals surface area contributed by atoms with Crippen molar-refractivity contribution in [1.82, 2.24) is 4.98 Å². The summed E-state index contributed by atoms with van der Waals surface area (Å²) in [5.41, 5.74) is 6.36. The van der Waals surface area contributed by atoms with Gasteiger partial charge in [0.15, 0.2) is 0 Å². The van der Waals surface area contributed by atoms with Crippen molar-refractivity contribution in [1.29, 1.82) is 0 Å². The van der Waals surface area contributed by atoms with Crippen molar-refractivity contribution in [2.75, 3.05) is 7.11 Å². The molecule has 0 unspecified atom stereocenters. The molecule has 1 aromatic rings. The molecule has 0 aliphatic heterocycles. The van der Waals surface area contributed by atoms with E-state index in [9.17, 15) is 0 Å². The molecule has 60 valence electrons. The lowest BCUT2D eigenvalue weighted by molar-refractivity contribution is 0.392. The van der Waals surface area contributed by atoms with Crippen LogP contribution in [-0.2, 0) is 6.54 Å². The monoisotopic (exact) mass is 216 g/mol. The summed E-state index contributed by atoms with van der Waals surface area (Å²) in [6.45, 7) is 0.440. The van der Waals surface area contributed by atoms with Gasteiger partial charge in [0, 0.05) is 22.8 Å². The fourth-order valence-corrected chi connectivity index (χ4v) is 1.18. The maximum Gasteiger partial charge on any atom is 0.217 e. The van der Waals surface area contributed by atoms with Crippen molar-refractivity contribution in [2.45, 2.75) is 6.54 Å². The number of hydrogen-bond acceptors (Lipinski definition) is 3. The summed E-state index contributed by atoms with van der Waals surface area (Å²) in [5, 5.41) is 0. The van der Waals surface area contributed by atoms with Crippen LogP contribution < -0.4 is 10.5 Å². The van der Waals surface area contributed by atoms with Crippen LogP contribution in [0.3, 0.4) is 0 Å². The molecule has 3 nitrogen and oxygen atoms in total. The summed E-state index contributed by atoms with van der Waals surface area (Å²) in [7, 11) is 1.58. The molecule has 0 fully saturated rings. The largest absolute Gasteiger partial charge is 0.481 e. The number of nitrogens with two attached hydrogens (primary N) is 1. The third kappa shape index (κ3) is 1.91. The Balaban J connectivity index is 3.06. The van der Waals surface area contributed by atoms with Gasteiger partial charge in [-0.1, -0.05) is 0 Å². The fourth-order valence-electron chi connectivity index (χ4n) is 0.799. The minimum absolute atomic E-state index is 0.440. The summed E-state index contributed by atoms with van der Waals surface area (Å²) in [6, 6.07) is 1.89. The maximum atomic E-state index is 5.45. The molecule has 0 aliphatic rings. The van der Waals surface area contributed by atoms with Crippen LogP contribution in [0.5, 0.6) is 5.88 Å². The van der Waals surface area contributed by atoms with E-state index in [1.165, 1.54) is 0 Å². The summed E-state index contributed by atoms with van der Waals surface area (Å²) < 4.78 is 5.89. The van der Waals surface area contributed by atoms with E-state index in [2.05, 4.69) is 20.9 Å². The highest BCUT2D eigenvalue weighted by atomic mass is 79.9. The van der Waals surface area contributed by atoms with Crippen molar-refractivity contribution in [2.24, 2.45) is 5.73 Å². The van der Waals surface area contributed by atoms with Crippen LogP contribution in [0.1, 0.15) is 5.56 Å². The molecule has 2 N–H and O–H groups in total. The predicted octanol–water partition coefficient (Wildman–Crippen LogP) is 1.31. The molecule has 1 aromatic heterocycles. The molecule has 0 aromatic carbocycles. The minimum atomic E-state index is 0.440. The quantitative estimate of drug-likeness (QED) is 0.812. The molecule has 0 saturated carbocycles. The van der Waals surface area contributed by atoms with Gasteiger partial charge in [0.2, 0.25) is 5.88 Å². The number of nitrogens with zero attached hydrogens (tertiary/aromatic N) is 1. The van der Waals surface area contributed by atoms with Crippen LogP contribution in [0.15, 0.2) is 16.7 Å². The van der Waals surface area contributed by atoms with Crippen molar-refractivity contribution >= 4 is 15.9 Å². The smallest absolute Gasteiger partial charge is 0.217 e. The van der Waals surface area contributed by atoms with E-state index in [0.717, 1.165) is 10.0 Å². The van der Waals surface area contributed by atoms with Crippen LogP contribution >= 0.6 is 15.9 Å². The highest BCUT2D eigenvalue weighted by molar-refractivity contribution is 9.10. The van der Waals surface area contributed by atoms with Crippen molar-refractivity contribution in [3.05, 3.63) is 22.3 Å². The van der Waals surface area contributed by atoms with E-state index in [0.29, 0.717) is 12.4 Å². The average molecular weight is 217 g/mol. The van der Waals surface area contributed by atoms with E-state index >= 15 is 0 Å². The zero-order chi connectivity index (χ0) is 8.27. The van der Waals surface area contributed by atoms with Gasteiger partial charge in [-0.25, -0.2) is 4.98 Å². The molecule has 1 heterocycles. The Labute approximate surface area is 73.7 Å². The number of rotatable bonds is 2. The van der Waals surface area contributed by atoms with Crippen LogP contribution in [-0.4, -0.2) is 12.1 Å². The van der Waals surface area contributed by atoms with Gasteiger partial charge in [-0.15, -0.1) is 0 Å². The second kappa shape index (κ2) is 3.69. The van der Waals surface area contributed by atoms with Gasteiger partial charge in [-0.2, -0.15) is 0 Å². The Kier molecular flexibility index (Phi) is 2.84. The summed E-state index contributed by atoms with van der Waals surface area (Å²) in [6.07, 6.45) is 1.68. The predicted molar refractivity (Wildman–Crippen MR) is 46.4 cm³/mol. The molecule has 0 bridgehead atoms. The number of ether oxygens (including phenoxy) is 1. The average Bonchev–Trinajstić information content (AvgIpc) is 2.04. The lowest BCUT2D eigenvalue weighted by atomic mass is 10.3. The van der Waals surface area contributed by atoms with Crippen LogP contribution in [0.4, 0.5) is 0 Å². The first kappa shape index (κ1) is 8.49. The molecule has 0 saturated heterocycles. The lowest BCUT2D eigenvalue weighted by Crippen LogP contribution is -2.01. The Morgan fingerprint density at radius 3 is 3.00 bits per heavy atom. The molecule has 4 heteroatoms. The fraction of sp³-hybridized carbons (Fsp3) is 0.286. The zero-order valence-corrected chi connectivity index (χ0v) is 7.76. The van der Waals surface area contributed by atoms with Crippen molar-refractivity contribution < 1.29 is 4.74 Å². The lowest BCUT2D eigenvalue weighted by Gasteiger charge is -2.04. The number of methoxy groups -OCH3 is 1. The Hall–Kier alpha value is -0.610. The SMILES string of the molecule is COc1ncc(Br)cc1CN. The van der Waals surface area contributed by atoms with E-state index in [1.807, 2.05) is 6.07 Å². The third-order valence-electron chi connectivity index (χ3n) is 1.31. The Morgan fingerprint density at radius 2 is 2.45 bits per heavy atom. The van der Waals surface area contributed by atoms with Gasteiger partial charge in [-0.05, 0) is 22.0 Å². The van der Waals surface area contributed by atoms with Crippen LogP contribution in [0.25, 0.3) is 0 Å². The van der Waals surface area contributed by atoms with Gasteiger partial charge in [0.05, 0.1) is 7.11 Å². The number of pyridine rings is 1. The number of hydrogen-bond donors (Lipinski definition) is 1. The van der Waals surface area contributed by atoms with Crippen molar-refractivity contribution in [3.63, 3.8) is 0 Å². The second-order valence-corrected chi connectivity index (χ2v) is 2.94. The maximum absolute atomic E-state index is 5.45. The summed E-state index contributed by atoms with van der Waals surface area (Å²) >= 11 is 3.29. The molecule has 0 radical (unpaired) electrons. The minimum Gasteiger partial charge on any atom is -0.481 e. The Morgan fingerprint density at radius 1 is 1.73 bits per heavy atom. The molecule has 1 rings (SSSR count). The van der Waals surface area contributed by atoms with E-state index < -0.39 is 0 Å². The molecule has 0 aliphatic carbocycles. The number of aromatic nitrogens is 1. The van der Waals surface area contributed by atoms with E-state index in [-0.39, 0.29) is 0 Å². The standard InChI is InChI=1S/C7H9BrN2O/c1-11-7-5(3-9)2-6(8)4-10-7/h2,4H,3,9H2,1H3. The number of halogens is 1. The molecule has 0 amide bonds.